The van der Waals surface area contributed by atoms with Crippen LogP contribution in [0.5, 0.6) is 0 Å². The molecule has 0 bridgehead atoms. The first-order valence-corrected chi connectivity index (χ1v) is 14.3. The summed E-state index contributed by atoms with van der Waals surface area (Å²) in [7, 11) is 0. The monoisotopic (exact) mass is 710 g/mol. The molecular formula is C24H44N2Na2O15S2. The Balaban J connectivity index is -0.000000210. The number of fused-ring (bicyclic) bond motifs is 2. The van der Waals surface area contributed by atoms with Crippen LogP contribution < -0.4 is 0 Å². The normalized spacial score (nSPS) is 29.9. The van der Waals surface area contributed by atoms with Crippen LogP contribution in [0.15, 0.2) is 21.2 Å². The van der Waals surface area contributed by atoms with Gasteiger partial charge in [0.2, 0.25) is 11.8 Å². The Morgan fingerprint density at radius 2 is 1.04 bits per heavy atom. The third-order valence-electron chi connectivity index (χ3n) is 7.50. The maximum atomic E-state index is 12.0. The summed E-state index contributed by atoms with van der Waals surface area (Å²) in [5.74, 6) is -3.84. The van der Waals surface area contributed by atoms with Crippen LogP contribution in [0.4, 0.5) is 0 Å². The van der Waals surface area contributed by atoms with Gasteiger partial charge in [0.05, 0.1) is 36.3 Å². The number of thioether (sulfide) groups is 2. The van der Waals surface area contributed by atoms with Gasteiger partial charge in [-0.05, 0) is 39.5 Å². The van der Waals surface area contributed by atoms with E-state index in [-0.39, 0.29) is 136 Å². The number of aliphatic carboxylic acids is 2. The molecule has 21 heteroatoms. The molecule has 2 amide bonds. The molecule has 254 valence electrons. The Hall–Kier alpha value is -0.300. The molecule has 0 aromatic rings. The van der Waals surface area contributed by atoms with E-state index in [1.807, 2.05) is 0 Å². The van der Waals surface area contributed by atoms with Crippen LogP contribution in [-0.2, 0) is 28.7 Å². The molecule has 8 atom stereocenters. The van der Waals surface area contributed by atoms with E-state index in [1.165, 1.54) is 33.3 Å². The van der Waals surface area contributed by atoms with Gasteiger partial charge >= 0.3 is 11.9 Å². The van der Waals surface area contributed by atoms with E-state index in [0.29, 0.717) is 23.0 Å². The summed E-state index contributed by atoms with van der Waals surface area (Å²) in [5, 5.41) is 37.3. The largest absolute Gasteiger partial charge is 0.477 e. The minimum atomic E-state index is -1.10. The van der Waals surface area contributed by atoms with Crippen molar-refractivity contribution in [3.8, 4) is 0 Å². The van der Waals surface area contributed by atoms with Gasteiger partial charge in [0, 0.05) is 85.0 Å². The molecule has 17 nitrogen and oxygen atoms in total. The Bertz CT molecular complexity index is 1060. The van der Waals surface area contributed by atoms with Crippen molar-refractivity contribution in [3.05, 3.63) is 21.2 Å². The zero-order valence-electron chi connectivity index (χ0n) is 25.3. The Labute approximate surface area is 314 Å². The molecule has 45 heavy (non-hydrogen) atoms. The van der Waals surface area contributed by atoms with E-state index in [2.05, 4.69) is 0 Å². The van der Waals surface area contributed by atoms with Gasteiger partial charge in [-0.15, -0.1) is 0 Å². The molecule has 6 rings (SSSR count). The summed E-state index contributed by atoms with van der Waals surface area (Å²) in [6, 6.07) is 0. The van der Waals surface area contributed by atoms with Crippen molar-refractivity contribution in [2.45, 2.75) is 74.7 Å². The van der Waals surface area contributed by atoms with Gasteiger partial charge in [-0.2, -0.15) is 0 Å². The van der Waals surface area contributed by atoms with Crippen molar-refractivity contribution >= 4 is 106 Å². The Morgan fingerprint density at radius 1 is 0.733 bits per heavy atom. The topological polar surface area (TPSA) is 332 Å². The molecule has 8 unspecified atom stereocenters. The molecule has 0 saturated carbocycles. The summed E-state index contributed by atoms with van der Waals surface area (Å²) >= 11 is 2.71. The van der Waals surface area contributed by atoms with Crippen molar-refractivity contribution in [3.63, 3.8) is 0 Å². The zero-order chi connectivity index (χ0) is 27.5. The number of aliphatic hydroxyl groups excluding tert-OH is 2. The number of amides is 2. The minimum absolute atomic E-state index is 0. The van der Waals surface area contributed by atoms with Gasteiger partial charge in [0.15, 0.2) is 0 Å². The van der Waals surface area contributed by atoms with Crippen molar-refractivity contribution in [2.75, 3.05) is 13.2 Å². The standard InChI is InChI=1S/2C12H15NO5S.2Na.5H2O.2H2/c2*1-5(14)7-10(15)13-8(12(16)17)9(19-11(7)13)6-3-2-4-18-6;;;;;;;;;/h2*5-7,11,14H,2-4H2,1H3,(H,16,17);;;5*1H2;2*1H. The number of aliphatic hydroxyl groups is 2. The van der Waals surface area contributed by atoms with Crippen LogP contribution in [0.3, 0.4) is 0 Å². The van der Waals surface area contributed by atoms with Crippen LogP contribution in [0.1, 0.15) is 42.4 Å². The van der Waals surface area contributed by atoms with Crippen molar-refractivity contribution in [2.24, 2.45) is 11.8 Å². The molecule has 6 aliphatic heterocycles. The van der Waals surface area contributed by atoms with E-state index in [4.69, 9.17) is 9.47 Å². The number of carboxylic acid groups (broad SMARTS) is 2. The molecule has 4 fully saturated rings. The first kappa shape index (κ1) is 49.1. The van der Waals surface area contributed by atoms with Gasteiger partial charge in [0.1, 0.15) is 22.1 Å². The average molecular weight is 711 g/mol. The predicted molar refractivity (Wildman–Crippen MR) is 168 cm³/mol. The third kappa shape index (κ3) is 8.66. The molecule has 0 aromatic carbocycles. The van der Waals surface area contributed by atoms with Crippen LogP contribution in [0, 0.1) is 11.8 Å². The second kappa shape index (κ2) is 19.6. The first-order valence-electron chi connectivity index (χ1n) is 12.6. The fourth-order valence-corrected chi connectivity index (χ4v) is 9.04. The molecule has 0 aromatic heterocycles. The molecule has 0 spiro atoms. The number of hydrogen-bond donors (Lipinski definition) is 4. The number of carboxylic acids is 2. The fourth-order valence-electron chi connectivity index (χ4n) is 5.64. The van der Waals surface area contributed by atoms with E-state index in [9.17, 15) is 39.6 Å². The second-order valence-corrected chi connectivity index (χ2v) is 12.3. The van der Waals surface area contributed by atoms with Crippen molar-refractivity contribution in [1.29, 1.82) is 0 Å². The molecule has 4 saturated heterocycles. The molecule has 0 aliphatic carbocycles. The number of nitrogens with zero attached hydrogens (tertiary/aromatic N) is 2. The number of β-lactam (4-membered cyclic amide) rings is 2. The van der Waals surface area contributed by atoms with Crippen molar-refractivity contribution < 1.29 is 79.3 Å². The predicted octanol–water partition coefficient (Wildman–Crippen LogP) is -3.65. The number of ether oxygens (including phenoxy) is 2. The Morgan fingerprint density at radius 3 is 1.27 bits per heavy atom. The molecule has 2 radical (unpaired) electrons. The van der Waals surface area contributed by atoms with Gasteiger partial charge in [-0.25, -0.2) is 9.59 Å². The van der Waals surface area contributed by atoms with Crippen molar-refractivity contribution in [1.82, 2.24) is 9.80 Å². The SMILES string of the molecule is CC(O)C1C(=O)N2C(C(=O)O)=C(C3CCCO3)SC12.CC(O)C1C(=O)N2C(C(=O)O)=C(C3CCCO3)SC12.O.O.O.O.O.[HH].[HH].[Na].[Na]. The van der Waals surface area contributed by atoms with Crippen LogP contribution in [0.2, 0.25) is 0 Å². The van der Waals surface area contributed by atoms with E-state index in [0.717, 1.165) is 25.7 Å². The fraction of sp³-hybridized carbons (Fsp3) is 0.667. The summed E-state index contributed by atoms with van der Waals surface area (Å²) in [4.78, 5) is 50.6. The summed E-state index contributed by atoms with van der Waals surface area (Å²) < 4.78 is 11.1. The molecule has 14 N–H and O–H groups in total. The molecular weight excluding hydrogens is 666 g/mol. The van der Waals surface area contributed by atoms with Crippen LogP contribution >= 0.6 is 23.5 Å². The number of carbonyl (C=O) groups is 4. The van der Waals surface area contributed by atoms with Crippen LogP contribution in [-0.4, -0.2) is 189 Å². The summed E-state index contributed by atoms with van der Waals surface area (Å²) in [6.45, 7) is 4.37. The summed E-state index contributed by atoms with van der Waals surface area (Å²) in [6.07, 6.45) is 1.41. The third-order valence-corrected chi connectivity index (χ3v) is 10.4. The van der Waals surface area contributed by atoms with Gasteiger partial charge in [-0.1, -0.05) is 23.5 Å². The molecule has 6 aliphatic rings. The van der Waals surface area contributed by atoms with Crippen LogP contribution in [0.25, 0.3) is 0 Å². The zero-order valence-corrected chi connectivity index (χ0v) is 30.9. The van der Waals surface area contributed by atoms with Gasteiger partial charge < -0.3 is 57.3 Å². The maximum Gasteiger partial charge on any atom is 0.353 e. The number of carbonyl (C=O) groups excluding carboxylic acids is 2. The number of rotatable bonds is 6. The van der Waals surface area contributed by atoms with Gasteiger partial charge in [0.25, 0.3) is 0 Å². The quantitative estimate of drug-likeness (QED) is 0.153. The second-order valence-electron chi connectivity index (χ2n) is 10.0. The van der Waals surface area contributed by atoms with E-state index in [1.54, 1.807) is 13.8 Å². The van der Waals surface area contributed by atoms with E-state index >= 15 is 0 Å². The maximum absolute atomic E-state index is 12.0. The smallest absolute Gasteiger partial charge is 0.353 e. The summed E-state index contributed by atoms with van der Waals surface area (Å²) in [5.41, 5.74) is 0.0904. The molecule has 6 heterocycles. The number of hydrogen-bond acceptors (Lipinski definition) is 10. The van der Waals surface area contributed by atoms with Gasteiger partial charge in [-0.3, -0.25) is 19.4 Å². The minimum Gasteiger partial charge on any atom is -0.477 e. The van der Waals surface area contributed by atoms with E-state index < -0.39 is 36.0 Å². The first-order chi connectivity index (χ1) is 18.0. The average Bonchev–Trinajstić information content (AvgIpc) is 3.61. The Kier molecular flexibility index (Phi) is 21.4.